The molecule has 80 valence electrons. The van der Waals surface area contributed by atoms with Crippen LogP contribution in [0.2, 0.25) is 0 Å². The maximum Gasteiger partial charge on any atom is 0.206 e. The SMILES string of the molecule is CC(=N)OC(=N)C(N)Cc1ccccc1. The molecular formula is C11H15N3O. The highest BCUT2D eigenvalue weighted by Crippen LogP contribution is 2.03. The van der Waals surface area contributed by atoms with Crippen molar-refractivity contribution in [3.63, 3.8) is 0 Å². The van der Waals surface area contributed by atoms with Crippen LogP contribution in [0.5, 0.6) is 0 Å². The van der Waals surface area contributed by atoms with Gasteiger partial charge in [0.2, 0.25) is 5.90 Å². The second-order valence-corrected chi connectivity index (χ2v) is 3.32. The van der Waals surface area contributed by atoms with Crippen LogP contribution in [-0.4, -0.2) is 17.8 Å². The minimum atomic E-state index is -0.493. The standard InChI is InChI=1S/C11H15N3O/c1-8(12)15-11(14)10(13)7-9-5-3-2-4-6-9/h2-6,10,12,14H,7,13H2,1H3. The summed E-state index contributed by atoms with van der Waals surface area (Å²) in [7, 11) is 0. The van der Waals surface area contributed by atoms with E-state index in [4.69, 9.17) is 21.3 Å². The molecule has 0 aliphatic carbocycles. The Balaban J connectivity index is 2.52. The number of hydrogen-bond acceptors (Lipinski definition) is 4. The third-order valence-corrected chi connectivity index (χ3v) is 1.90. The lowest BCUT2D eigenvalue weighted by Crippen LogP contribution is -2.34. The van der Waals surface area contributed by atoms with Gasteiger partial charge in [-0.25, -0.2) is 0 Å². The molecule has 1 rings (SSSR count). The molecule has 0 fully saturated rings. The summed E-state index contributed by atoms with van der Waals surface area (Å²) < 4.78 is 4.83. The highest BCUT2D eigenvalue weighted by atomic mass is 16.5. The highest BCUT2D eigenvalue weighted by molar-refractivity contribution is 5.90. The summed E-state index contributed by atoms with van der Waals surface area (Å²) in [6, 6.07) is 9.18. The van der Waals surface area contributed by atoms with Crippen molar-refractivity contribution in [2.75, 3.05) is 0 Å². The van der Waals surface area contributed by atoms with Crippen molar-refractivity contribution < 1.29 is 4.74 Å². The molecule has 0 heterocycles. The molecule has 4 N–H and O–H groups in total. The molecule has 15 heavy (non-hydrogen) atoms. The van der Waals surface area contributed by atoms with Crippen molar-refractivity contribution in [1.82, 2.24) is 0 Å². The van der Waals surface area contributed by atoms with Gasteiger partial charge in [-0.05, 0) is 12.0 Å². The lowest BCUT2D eigenvalue weighted by atomic mass is 10.1. The second kappa shape index (κ2) is 5.26. The van der Waals surface area contributed by atoms with Crippen LogP contribution in [0.15, 0.2) is 30.3 Å². The first-order chi connectivity index (χ1) is 7.09. The Morgan fingerprint density at radius 3 is 2.47 bits per heavy atom. The van der Waals surface area contributed by atoms with E-state index < -0.39 is 6.04 Å². The van der Waals surface area contributed by atoms with Crippen molar-refractivity contribution in [1.29, 1.82) is 10.8 Å². The summed E-state index contributed by atoms with van der Waals surface area (Å²) in [4.78, 5) is 0. The minimum Gasteiger partial charge on any atom is -0.428 e. The Labute approximate surface area is 89.1 Å². The van der Waals surface area contributed by atoms with Gasteiger partial charge >= 0.3 is 0 Å². The van der Waals surface area contributed by atoms with Gasteiger partial charge in [-0.1, -0.05) is 30.3 Å². The number of nitrogens with two attached hydrogens (primary N) is 1. The van der Waals surface area contributed by atoms with Gasteiger partial charge in [0.05, 0.1) is 6.04 Å². The molecule has 1 unspecified atom stereocenters. The first-order valence-corrected chi connectivity index (χ1v) is 4.70. The normalized spacial score (nSPS) is 11.9. The number of nitrogens with one attached hydrogen (secondary N) is 2. The largest absolute Gasteiger partial charge is 0.428 e. The minimum absolute atomic E-state index is 0.0106. The van der Waals surface area contributed by atoms with Crippen LogP contribution in [0.3, 0.4) is 0 Å². The smallest absolute Gasteiger partial charge is 0.206 e. The maximum atomic E-state index is 7.49. The molecule has 0 amide bonds. The molecule has 0 saturated heterocycles. The maximum absolute atomic E-state index is 7.49. The second-order valence-electron chi connectivity index (χ2n) is 3.32. The van der Waals surface area contributed by atoms with Gasteiger partial charge in [0.1, 0.15) is 0 Å². The Hall–Kier alpha value is -1.68. The summed E-state index contributed by atoms with van der Waals surface area (Å²) in [5.74, 6) is -0.0742. The molecule has 0 aliphatic rings. The van der Waals surface area contributed by atoms with Gasteiger partial charge < -0.3 is 10.5 Å². The van der Waals surface area contributed by atoms with Gasteiger partial charge in [-0.2, -0.15) is 0 Å². The van der Waals surface area contributed by atoms with E-state index in [1.54, 1.807) is 0 Å². The molecule has 0 bridgehead atoms. The molecule has 0 radical (unpaired) electrons. The van der Waals surface area contributed by atoms with E-state index in [1.165, 1.54) is 6.92 Å². The van der Waals surface area contributed by atoms with Crippen LogP contribution in [0, 0.1) is 10.8 Å². The van der Waals surface area contributed by atoms with Crippen LogP contribution < -0.4 is 5.73 Å². The molecule has 1 aromatic carbocycles. The monoisotopic (exact) mass is 205 g/mol. The predicted octanol–water partition coefficient (Wildman–Crippen LogP) is 1.55. The Kier molecular flexibility index (Phi) is 4.00. The van der Waals surface area contributed by atoms with Crippen molar-refractivity contribution in [2.45, 2.75) is 19.4 Å². The van der Waals surface area contributed by atoms with E-state index in [-0.39, 0.29) is 11.8 Å². The molecule has 0 saturated carbocycles. The fourth-order valence-electron chi connectivity index (χ4n) is 1.20. The molecule has 0 aromatic heterocycles. The first-order valence-electron chi connectivity index (χ1n) is 4.70. The van der Waals surface area contributed by atoms with E-state index in [0.29, 0.717) is 6.42 Å². The van der Waals surface area contributed by atoms with Gasteiger partial charge in [-0.3, -0.25) is 10.8 Å². The fourth-order valence-corrected chi connectivity index (χ4v) is 1.20. The fraction of sp³-hybridized carbons (Fsp3) is 0.273. The zero-order valence-electron chi connectivity index (χ0n) is 8.66. The highest BCUT2D eigenvalue weighted by Gasteiger charge is 2.12. The zero-order chi connectivity index (χ0) is 11.3. The Morgan fingerprint density at radius 1 is 1.33 bits per heavy atom. The number of hydrogen-bond donors (Lipinski definition) is 3. The molecule has 0 spiro atoms. The van der Waals surface area contributed by atoms with Crippen molar-refractivity contribution in [2.24, 2.45) is 5.73 Å². The summed E-state index contributed by atoms with van der Waals surface area (Å²) in [6.45, 7) is 1.48. The van der Waals surface area contributed by atoms with Crippen molar-refractivity contribution >= 4 is 11.8 Å². The Bertz CT molecular complexity index is 348. The van der Waals surface area contributed by atoms with E-state index in [0.717, 1.165) is 5.56 Å². The number of benzene rings is 1. The van der Waals surface area contributed by atoms with Gasteiger partial charge in [0.15, 0.2) is 5.90 Å². The van der Waals surface area contributed by atoms with Gasteiger partial charge in [0, 0.05) is 6.92 Å². The first kappa shape index (κ1) is 11.4. The van der Waals surface area contributed by atoms with Crippen LogP contribution in [-0.2, 0) is 11.2 Å². The van der Waals surface area contributed by atoms with Crippen LogP contribution >= 0.6 is 0 Å². The third kappa shape index (κ3) is 3.91. The molecular weight excluding hydrogens is 190 g/mol. The molecule has 4 nitrogen and oxygen atoms in total. The van der Waals surface area contributed by atoms with E-state index in [2.05, 4.69) is 0 Å². The van der Waals surface area contributed by atoms with Gasteiger partial charge in [0.25, 0.3) is 0 Å². The molecule has 4 heteroatoms. The average molecular weight is 205 g/mol. The van der Waals surface area contributed by atoms with Gasteiger partial charge in [-0.15, -0.1) is 0 Å². The summed E-state index contributed by atoms with van der Waals surface area (Å²) >= 11 is 0. The van der Waals surface area contributed by atoms with E-state index in [9.17, 15) is 0 Å². The molecule has 0 aliphatic heterocycles. The average Bonchev–Trinajstić information content (AvgIpc) is 2.18. The quantitative estimate of drug-likeness (QED) is 0.516. The lowest BCUT2D eigenvalue weighted by Gasteiger charge is -2.12. The summed E-state index contributed by atoms with van der Waals surface area (Å²) in [6.07, 6.45) is 0.549. The number of ether oxygens (including phenoxy) is 1. The van der Waals surface area contributed by atoms with Crippen LogP contribution in [0.25, 0.3) is 0 Å². The summed E-state index contributed by atoms with van der Waals surface area (Å²) in [5.41, 5.74) is 6.81. The third-order valence-electron chi connectivity index (χ3n) is 1.90. The van der Waals surface area contributed by atoms with Crippen LogP contribution in [0.1, 0.15) is 12.5 Å². The molecule has 1 atom stereocenters. The Morgan fingerprint density at radius 2 is 1.93 bits per heavy atom. The molecule has 1 aromatic rings. The van der Waals surface area contributed by atoms with Crippen molar-refractivity contribution in [3.8, 4) is 0 Å². The van der Waals surface area contributed by atoms with E-state index in [1.807, 2.05) is 30.3 Å². The van der Waals surface area contributed by atoms with E-state index >= 15 is 0 Å². The zero-order valence-corrected chi connectivity index (χ0v) is 8.66. The lowest BCUT2D eigenvalue weighted by molar-refractivity contribution is 0.494. The van der Waals surface area contributed by atoms with Crippen LogP contribution in [0.4, 0.5) is 0 Å². The summed E-state index contributed by atoms with van der Waals surface area (Å²) in [5, 5.41) is 14.6. The van der Waals surface area contributed by atoms with Crippen molar-refractivity contribution in [3.05, 3.63) is 35.9 Å². The topological polar surface area (TPSA) is 83.0 Å². The number of rotatable bonds is 3. The predicted molar refractivity (Wildman–Crippen MR) is 60.3 cm³/mol.